The van der Waals surface area contributed by atoms with E-state index in [9.17, 15) is 13.2 Å². The molecule has 0 aromatic rings. The largest absolute Gasteiger partial charge is 0.391 e. The number of fused-ring (bicyclic) bond motifs is 1. The van der Waals surface area contributed by atoms with Gasteiger partial charge in [0.25, 0.3) is 0 Å². The van der Waals surface area contributed by atoms with Crippen LogP contribution in [0.25, 0.3) is 0 Å². The van der Waals surface area contributed by atoms with E-state index in [1.165, 1.54) is 32.1 Å². The van der Waals surface area contributed by atoms with Crippen molar-refractivity contribution in [3.8, 4) is 0 Å². The number of alkyl halides is 3. The fraction of sp³-hybridized carbons (Fsp3) is 1.00. The van der Waals surface area contributed by atoms with Crippen LogP contribution in [0.3, 0.4) is 0 Å². The summed E-state index contributed by atoms with van der Waals surface area (Å²) in [5.41, 5.74) is 6.39. The van der Waals surface area contributed by atoms with Gasteiger partial charge < -0.3 is 10.5 Å². The number of rotatable bonds is 2. The first kappa shape index (κ1) is 19.0. The van der Waals surface area contributed by atoms with Crippen molar-refractivity contribution in [2.75, 3.05) is 6.67 Å². The van der Waals surface area contributed by atoms with Crippen molar-refractivity contribution in [2.45, 2.75) is 82.5 Å². The Kier molecular flexibility index (Phi) is 5.52. The molecule has 4 rings (SSSR count). The lowest BCUT2D eigenvalue weighted by atomic mass is 9.66. The van der Waals surface area contributed by atoms with Crippen molar-refractivity contribution < 1.29 is 17.9 Å². The van der Waals surface area contributed by atoms with Crippen LogP contribution < -0.4 is 16.4 Å². The molecule has 0 spiro atoms. The van der Waals surface area contributed by atoms with Crippen molar-refractivity contribution >= 4 is 0 Å². The quantitative estimate of drug-likeness (QED) is 0.693. The van der Waals surface area contributed by atoms with Crippen LogP contribution in [0.5, 0.6) is 0 Å². The Morgan fingerprint density at radius 1 is 0.808 bits per heavy atom. The summed E-state index contributed by atoms with van der Waals surface area (Å²) in [5.74, 6) is 0.133. The Morgan fingerprint density at radius 2 is 1.50 bits per heavy atom. The molecule has 5 atom stereocenters. The molecule has 2 saturated heterocycles. The van der Waals surface area contributed by atoms with Gasteiger partial charge in [0.2, 0.25) is 0 Å². The van der Waals surface area contributed by atoms with Gasteiger partial charge in [-0.25, -0.2) is 0 Å². The van der Waals surface area contributed by atoms with Crippen LogP contribution in [0.1, 0.15) is 57.8 Å². The molecule has 4 aliphatic rings. The van der Waals surface area contributed by atoms with Crippen LogP contribution in [0.15, 0.2) is 0 Å². The van der Waals surface area contributed by atoms with Crippen LogP contribution in [-0.4, -0.2) is 31.3 Å². The summed E-state index contributed by atoms with van der Waals surface area (Å²) < 4.78 is 45.7. The van der Waals surface area contributed by atoms with E-state index in [-0.39, 0.29) is 43.2 Å². The van der Waals surface area contributed by atoms with Crippen LogP contribution >= 0.6 is 0 Å². The monoisotopic (exact) mass is 375 g/mol. The van der Waals surface area contributed by atoms with Crippen molar-refractivity contribution in [2.24, 2.45) is 35.3 Å². The van der Waals surface area contributed by atoms with Gasteiger partial charge in [-0.15, -0.1) is 0 Å². The summed E-state index contributed by atoms with van der Waals surface area (Å²) in [6, 6.07) is 0. The zero-order valence-corrected chi connectivity index (χ0v) is 15.3. The fourth-order valence-electron chi connectivity index (χ4n) is 6.10. The fourth-order valence-corrected chi connectivity index (χ4v) is 6.10. The zero-order chi connectivity index (χ0) is 18.3. The minimum absolute atomic E-state index is 0.0523. The van der Waals surface area contributed by atoms with Crippen LogP contribution in [0.4, 0.5) is 13.2 Å². The predicted molar refractivity (Wildman–Crippen MR) is 92.8 cm³/mol. The third-order valence-corrected chi connectivity index (χ3v) is 7.43. The lowest BCUT2D eigenvalue weighted by Crippen LogP contribution is -2.61. The van der Waals surface area contributed by atoms with Gasteiger partial charge in [-0.05, 0) is 56.3 Å². The van der Waals surface area contributed by atoms with Crippen molar-refractivity contribution in [3.63, 3.8) is 0 Å². The second-order valence-corrected chi connectivity index (χ2v) is 8.84. The zero-order valence-electron chi connectivity index (χ0n) is 15.3. The van der Waals surface area contributed by atoms with Crippen molar-refractivity contribution in [3.05, 3.63) is 0 Å². The van der Waals surface area contributed by atoms with Crippen LogP contribution in [0, 0.1) is 29.6 Å². The lowest BCUT2D eigenvalue weighted by molar-refractivity contribution is -0.185. The molecule has 2 heterocycles. The van der Waals surface area contributed by atoms with Gasteiger partial charge in [0.1, 0.15) is 6.23 Å². The third-order valence-electron chi connectivity index (χ3n) is 7.43. The summed E-state index contributed by atoms with van der Waals surface area (Å²) in [4.78, 5) is 0. The molecule has 0 radical (unpaired) electrons. The number of nitrogens with two attached hydrogens (primary N) is 1. The highest BCUT2D eigenvalue weighted by atomic mass is 19.4. The molecule has 26 heavy (non-hydrogen) atoms. The SMILES string of the molecule is NC1NCNC2OC(C3CCCCC3)C(C3CCC(C(F)(F)F)CC3)C12. The van der Waals surface area contributed by atoms with Gasteiger partial charge in [0, 0.05) is 12.6 Å². The van der Waals surface area contributed by atoms with E-state index in [2.05, 4.69) is 10.6 Å². The van der Waals surface area contributed by atoms with Crippen LogP contribution in [-0.2, 0) is 4.74 Å². The molecule has 0 aromatic heterocycles. The van der Waals surface area contributed by atoms with Crippen molar-refractivity contribution in [1.29, 1.82) is 0 Å². The molecule has 2 aliphatic heterocycles. The molecule has 0 aromatic carbocycles. The standard InChI is InChI=1S/C19H32F3N3O/c20-19(21,22)13-8-6-11(7-9-13)14-15-17(23)24-10-25-18(15)26-16(14)12-4-2-1-3-5-12/h11-18,24-25H,1-10,23H2. The second-order valence-electron chi connectivity index (χ2n) is 8.84. The molecule has 0 bridgehead atoms. The van der Waals surface area contributed by atoms with E-state index in [1.807, 2.05) is 0 Å². The smallest absolute Gasteiger partial charge is 0.359 e. The molecular weight excluding hydrogens is 343 g/mol. The average Bonchev–Trinajstić information content (AvgIpc) is 3.03. The first-order valence-electron chi connectivity index (χ1n) is 10.4. The van der Waals surface area contributed by atoms with E-state index < -0.39 is 12.1 Å². The van der Waals surface area contributed by atoms with E-state index in [0.29, 0.717) is 31.3 Å². The van der Waals surface area contributed by atoms with Gasteiger partial charge >= 0.3 is 6.18 Å². The number of hydrogen-bond donors (Lipinski definition) is 3. The molecule has 150 valence electrons. The summed E-state index contributed by atoms with van der Waals surface area (Å²) in [7, 11) is 0. The molecule has 5 unspecified atom stereocenters. The second kappa shape index (κ2) is 7.57. The predicted octanol–water partition coefficient (Wildman–Crippen LogP) is 3.33. The number of ether oxygens (including phenoxy) is 1. The molecule has 2 aliphatic carbocycles. The summed E-state index contributed by atoms with van der Waals surface area (Å²) in [5, 5.41) is 6.67. The third kappa shape index (κ3) is 3.64. The number of hydrogen-bond acceptors (Lipinski definition) is 4. The van der Waals surface area contributed by atoms with Gasteiger partial charge in [-0.3, -0.25) is 10.6 Å². The maximum absolute atomic E-state index is 13.1. The van der Waals surface area contributed by atoms with Gasteiger partial charge in [-0.1, -0.05) is 19.3 Å². The number of nitrogens with one attached hydrogen (secondary N) is 2. The average molecular weight is 375 g/mol. The molecular formula is C19H32F3N3O. The molecule has 4 nitrogen and oxygen atoms in total. The summed E-state index contributed by atoms with van der Waals surface area (Å²) >= 11 is 0. The molecule has 7 heteroatoms. The van der Waals surface area contributed by atoms with E-state index in [1.54, 1.807) is 0 Å². The normalized spacial score (nSPS) is 45.5. The lowest BCUT2D eigenvalue weighted by Gasteiger charge is -2.42. The van der Waals surface area contributed by atoms with E-state index in [0.717, 1.165) is 0 Å². The minimum atomic E-state index is -4.05. The highest BCUT2D eigenvalue weighted by molar-refractivity contribution is 5.01. The van der Waals surface area contributed by atoms with E-state index in [4.69, 9.17) is 10.5 Å². The first-order chi connectivity index (χ1) is 12.4. The highest BCUT2D eigenvalue weighted by Gasteiger charge is 2.54. The molecule has 2 saturated carbocycles. The maximum atomic E-state index is 13.1. The van der Waals surface area contributed by atoms with Crippen LogP contribution in [0.2, 0.25) is 0 Å². The summed E-state index contributed by atoms with van der Waals surface area (Å²) in [6.07, 6.45) is 3.86. The highest BCUT2D eigenvalue weighted by Crippen LogP contribution is 2.50. The van der Waals surface area contributed by atoms with Gasteiger partial charge in [0.05, 0.1) is 18.2 Å². The number of halogens is 3. The Bertz CT molecular complexity index is 475. The Hall–Kier alpha value is -0.370. The Morgan fingerprint density at radius 3 is 2.15 bits per heavy atom. The van der Waals surface area contributed by atoms with Gasteiger partial charge in [-0.2, -0.15) is 13.2 Å². The topological polar surface area (TPSA) is 59.3 Å². The van der Waals surface area contributed by atoms with E-state index >= 15 is 0 Å². The first-order valence-corrected chi connectivity index (χ1v) is 10.4. The Balaban J connectivity index is 1.51. The maximum Gasteiger partial charge on any atom is 0.391 e. The molecule has 4 N–H and O–H groups in total. The minimum Gasteiger partial charge on any atom is -0.359 e. The molecule has 4 fully saturated rings. The molecule has 0 amide bonds. The van der Waals surface area contributed by atoms with Gasteiger partial charge in [0.15, 0.2) is 0 Å². The Labute approximate surface area is 153 Å². The summed E-state index contributed by atoms with van der Waals surface area (Å²) in [6.45, 7) is 0.632. The van der Waals surface area contributed by atoms with Crippen molar-refractivity contribution in [1.82, 2.24) is 10.6 Å².